The van der Waals surface area contributed by atoms with Crippen molar-refractivity contribution in [3.05, 3.63) is 58.8 Å². The molecule has 3 heterocycles. The van der Waals surface area contributed by atoms with E-state index in [-0.39, 0.29) is 5.91 Å². The average Bonchev–Trinajstić information content (AvgIpc) is 3.43. The fraction of sp³-hybridized carbons (Fsp3) is 0.417. The van der Waals surface area contributed by atoms with E-state index >= 15 is 0 Å². The summed E-state index contributed by atoms with van der Waals surface area (Å²) in [6.45, 7) is 3.56. The molecule has 0 spiro atoms. The van der Waals surface area contributed by atoms with Crippen molar-refractivity contribution in [3.8, 4) is 16.5 Å². The average molecular weight is 425 g/mol. The Hall–Kier alpha value is -2.60. The Morgan fingerprint density at radius 1 is 1.23 bits per heavy atom. The number of rotatable bonds is 7. The van der Waals surface area contributed by atoms with Crippen LogP contribution in [0.3, 0.4) is 0 Å². The zero-order valence-corrected chi connectivity index (χ0v) is 18.4. The Morgan fingerprint density at radius 3 is 2.67 bits per heavy atom. The van der Waals surface area contributed by atoms with Crippen molar-refractivity contribution in [2.75, 3.05) is 20.2 Å². The molecule has 1 amide bonds. The minimum absolute atomic E-state index is 0.151. The van der Waals surface area contributed by atoms with Crippen molar-refractivity contribution >= 4 is 17.2 Å². The number of benzene rings is 1. The van der Waals surface area contributed by atoms with E-state index in [1.54, 1.807) is 18.4 Å². The largest absolute Gasteiger partial charge is 0.497 e. The molecule has 0 unspecified atom stereocenters. The van der Waals surface area contributed by atoms with Crippen LogP contribution < -0.4 is 4.74 Å². The van der Waals surface area contributed by atoms with Gasteiger partial charge in [-0.1, -0.05) is 18.2 Å². The molecule has 0 aliphatic carbocycles. The van der Waals surface area contributed by atoms with Crippen LogP contribution in [0.5, 0.6) is 5.75 Å². The van der Waals surface area contributed by atoms with Crippen molar-refractivity contribution < 1.29 is 13.9 Å². The van der Waals surface area contributed by atoms with Gasteiger partial charge in [-0.3, -0.25) is 4.79 Å². The highest BCUT2D eigenvalue weighted by molar-refractivity contribution is 7.13. The van der Waals surface area contributed by atoms with Crippen molar-refractivity contribution in [3.63, 3.8) is 0 Å². The van der Waals surface area contributed by atoms with Crippen LogP contribution in [0, 0.1) is 12.8 Å². The van der Waals surface area contributed by atoms with Crippen LogP contribution >= 0.6 is 11.3 Å². The number of hydrogen-bond acceptors (Lipinski definition) is 5. The van der Waals surface area contributed by atoms with Crippen molar-refractivity contribution in [2.45, 2.75) is 39.0 Å². The number of likely N-dealkylation sites (tertiary alicyclic amines) is 1. The maximum atomic E-state index is 12.8. The lowest BCUT2D eigenvalue weighted by atomic mass is 9.90. The van der Waals surface area contributed by atoms with Crippen LogP contribution in [0.2, 0.25) is 0 Å². The number of nitrogens with zero attached hydrogens (tertiary/aromatic N) is 2. The first kappa shape index (κ1) is 20.7. The zero-order valence-electron chi connectivity index (χ0n) is 17.6. The highest BCUT2D eigenvalue weighted by Crippen LogP contribution is 2.27. The van der Waals surface area contributed by atoms with Crippen LogP contribution in [0.1, 0.15) is 36.3 Å². The number of oxazole rings is 1. The standard InChI is InChI=1S/C24H28N2O3S/c1-17-21(25-24(29-17)22-4-3-15-30-22)16-23(27)26-13-11-19(12-14-26)6-5-18-7-9-20(28-2)10-8-18/h3-4,7-10,15,19H,5-6,11-14,16H2,1-2H3. The number of carbonyl (C=O) groups is 1. The molecule has 0 saturated carbocycles. The lowest BCUT2D eigenvalue weighted by molar-refractivity contribution is -0.131. The number of amides is 1. The van der Waals surface area contributed by atoms with Gasteiger partial charge in [0.2, 0.25) is 11.8 Å². The van der Waals surface area contributed by atoms with Gasteiger partial charge in [-0.15, -0.1) is 11.3 Å². The summed E-state index contributed by atoms with van der Waals surface area (Å²) < 4.78 is 11.0. The molecule has 1 aliphatic rings. The number of aryl methyl sites for hydroxylation is 2. The first-order chi connectivity index (χ1) is 14.6. The van der Waals surface area contributed by atoms with E-state index in [2.05, 4.69) is 17.1 Å². The van der Waals surface area contributed by atoms with E-state index in [0.29, 0.717) is 18.2 Å². The first-order valence-electron chi connectivity index (χ1n) is 10.5. The van der Waals surface area contributed by atoms with Gasteiger partial charge in [-0.05, 0) is 67.7 Å². The SMILES string of the molecule is COc1ccc(CCC2CCN(C(=O)Cc3nc(-c4cccs4)oc3C)CC2)cc1. The van der Waals surface area contributed by atoms with Gasteiger partial charge in [0.15, 0.2) is 0 Å². The predicted molar refractivity (Wildman–Crippen MR) is 119 cm³/mol. The third-order valence-corrected chi connectivity index (χ3v) is 6.77. The number of thiophene rings is 1. The van der Waals surface area contributed by atoms with Crippen LogP contribution in [0.4, 0.5) is 0 Å². The minimum Gasteiger partial charge on any atom is -0.497 e. The normalized spacial score (nSPS) is 14.8. The molecule has 1 aromatic carbocycles. The molecule has 0 N–H and O–H groups in total. The van der Waals surface area contributed by atoms with Gasteiger partial charge in [0.05, 0.1) is 24.1 Å². The number of carbonyl (C=O) groups excluding carboxylic acids is 1. The summed E-state index contributed by atoms with van der Waals surface area (Å²) in [5.41, 5.74) is 2.10. The third kappa shape index (κ3) is 4.93. The van der Waals surface area contributed by atoms with Crippen LogP contribution in [0.25, 0.3) is 10.8 Å². The lowest BCUT2D eigenvalue weighted by Crippen LogP contribution is -2.39. The van der Waals surface area contributed by atoms with Crippen molar-refractivity contribution in [1.82, 2.24) is 9.88 Å². The Balaban J connectivity index is 1.25. The third-order valence-electron chi connectivity index (χ3n) is 5.91. The molecule has 2 aromatic heterocycles. The highest BCUT2D eigenvalue weighted by atomic mass is 32.1. The van der Waals surface area contributed by atoms with Gasteiger partial charge in [0.25, 0.3) is 0 Å². The monoisotopic (exact) mass is 424 g/mol. The molecule has 3 aromatic rings. The molecular weight excluding hydrogens is 396 g/mol. The molecule has 1 saturated heterocycles. The summed E-state index contributed by atoms with van der Waals surface area (Å²) in [7, 11) is 1.69. The molecule has 0 radical (unpaired) electrons. The van der Waals surface area contributed by atoms with E-state index in [4.69, 9.17) is 9.15 Å². The molecule has 0 atom stereocenters. The fourth-order valence-corrected chi connectivity index (χ4v) is 4.64. The summed E-state index contributed by atoms with van der Waals surface area (Å²) in [5, 5.41) is 2.00. The molecule has 1 fully saturated rings. The number of methoxy groups -OCH3 is 1. The molecule has 158 valence electrons. The maximum Gasteiger partial charge on any atom is 0.236 e. The van der Waals surface area contributed by atoms with Gasteiger partial charge in [-0.2, -0.15) is 0 Å². The summed E-state index contributed by atoms with van der Waals surface area (Å²) in [4.78, 5) is 20.3. The summed E-state index contributed by atoms with van der Waals surface area (Å²) >= 11 is 1.59. The minimum atomic E-state index is 0.151. The molecule has 1 aliphatic heterocycles. The topological polar surface area (TPSA) is 55.6 Å². The maximum absolute atomic E-state index is 12.8. The zero-order chi connectivity index (χ0) is 20.9. The lowest BCUT2D eigenvalue weighted by Gasteiger charge is -2.32. The molecular formula is C24H28N2O3S. The van der Waals surface area contributed by atoms with E-state index in [1.165, 1.54) is 12.0 Å². The second kappa shape index (κ2) is 9.47. The van der Waals surface area contributed by atoms with Crippen LogP contribution in [-0.2, 0) is 17.6 Å². The second-order valence-corrected chi connectivity index (χ2v) is 8.83. The highest BCUT2D eigenvalue weighted by Gasteiger charge is 2.24. The first-order valence-corrected chi connectivity index (χ1v) is 11.4. The van der Waals surface area contributed by atoms with E-state index < -0.39 is 0 Å². The summed E-state index contributed by atoms with van der Waals surface area (Å²) in [5.74, 6) is 3.08. The molecule has 6 heteroatoms. The number of piperidine rings is 1. The number of ether oxygens (including phenoxy) is 1. The second-order valence-electron chi connectivity index (χ2n) is 7.89. The molecule has 30 heavy (non-hydrogen) atoms. The van der Waals surface area contributed by atoms with E-state index in [1.807, 2.05) is 41.5 Å². The Kier molecular flexibility index (Phi) is 6.53. The van der Waals surface area contributed by atoms with Gasteiger partial charge in [0, 0.05) is 13.1 Å². The Bertz CT molecular complexity index is 955. The van der Waals surface area contributed by atoms with E-state index in [0.717, 1.165) is 54.4 Å². The quantitative estimate of drug-likeness (QED) is 0.527. The molecule has 4 rings (SSSR count). The van der Waals surface area contributed by atoms with Crippen molar-refractivity contribution in [2.24, 2.45) is 5.92 Å². The smallest absolute Gasteiger partial charge is 0.236 e. The van der Waals surface area contributed by atoms with Gasteiger partial charge < -0.3 is 14.1 Å². The number of aromatic nitrogens is 1. The van der Waals surface area contributed by atoms with E-state index in [9.17, 15) is 4.79 Å². The van der Waals surface area contributed by atoms with Crippen LogP contribution in [0.15, 0.2) is 46.2 Å². The summed E-state index contributed by atoms with van der Waals surface area (Å²) in [6, 6.07) is 12.3. The number of hydrogen-bond donors (Lipinski definition) is 0. The Morgan fingerprint density at radius 2 is 2.00 bits per heavy atom. The Labute approximate surface area is 181 Å². The van der Waals surface area contributed by atoms with Gasteiger partial charge >= 0.3 is 0 Å². The van der Waals surface area contributed by atoms with Gasteiger partial charge in [-0.25, -0.2) is 4.98 Å². The fourth-order valence-electron chi connectivity index (χ4n) is 3.99. The molecule has 0 bridgehead atoms. The van der Waals surface area contributed by atoms with Crippen molar-refractivity contribution in [1.29, 1.82) is 0 Å². The molecule has 5 nitrogen and oxygen atoms in total. The van der Waals surface area contributed by atoms with Crippen LogP contribution in [-0.4, -0.2) is 36.0 Å². The summed E-state index contributed by atoms with van der Waals surface area (Å²) in [6.07, 6.45) is 4.70. The predicted octanol–water partition coefficient (Wildman–Crippen LogP) is 5.13. The van der Waals surface area contributed by atoms with Gasteiger partial charge in [0.1, 0.15) is 11.5 Å².